The number of amides is 2. The van der Waals surface area contributed by atoms with Crippen LogP contribution in [0.15, 0.2) is 0 Å². The minimum Gasteiger partial charge on any atom is -0.372 e. The van der Waals surface area contributed by atoms with Crippen LogP contribution in [0.1, 0.15) is 26.2 Å². The van der Waals surface area contributed by atoms with Crippen LogP contribution in [0.25, 0.3) is 0 Å². The molecule has 92 valence electrons. The van der Waals surface area contributed by atoms with E-state index in [0.717, 1.165) is 12.8 Å². The van der Waals surface area contributed by atoms with Gasteiger partial charge in [-0.2, -0.15) is 0 Å². The van der Waals surface area contributed by atoms with Crippen LogP contribution in [0.2, 0.25) is 0 Å². The van der Waals surface area contributed by atoms with E-state index in [2.05, 4.69) is 0 Å². The SMILES string of the molecule is COC(C)C(=O)N1CCC(CC(N)=O)CC1. The third kappa shape index (κ3) is 3.48. The van der Waals surface area contributed by atoms with Crippen molar-refractivity contribution in [1.29, 1.82) is 0 Å². The summed E-state index contributed by atoms with van der Waals surface area (Å²) in [5.74, 6) is 0.106. The Morgan fingerprint density at radius 3 is 2.44 bits per heavy atom. The average molecular weight is 228 g/mol. The molecule has 1 aliphatic rings. The number of nitrogens with zero attached hydrogens (tertiary/aromatic N) is 1. The highest BCUT2D eigenvalue weighted by Crippen LogP contribution is 2.20. The van der Waals surface area contributed by atoms with Gasteiger partial charge in [0.1, 0.15) is 6.10 Å². The highest BCUT2D eigenvalue weighted by atomic mass is 16.5. The molecule has 0 aromatic carbocycles. The molecule has 0 spiro atoms. The number of rotatable bonds is 4. The van der Waals surface area contributed by atoms with Gasteiger partial charge in [-0.25, -0.2) is 0 Å². The highest BCUT2D eigenvalue weighted by molar-refractivity contribution is 5.80. The third-order valence-corrected chi connectivity index (χ3v) is 3.12. The smallest absolute Gasteiger partial charge is 0.251 e. The van der Waals surface area contributed by atoms with Gasteiger partial charge in [0.05, 0.1) is 0 Å². The van der Waals surface area contributed by atoms with Crippen molar-refractivity contribution in [2.24, 2.45) is 11.7 Å². The lowest BCUT2D eigenvalue weighted by molar-refractivity contribution is -0.142. The van der Waals surface area contributed by atoms with Crippen molar-refractivity contribution in [2.45, 2.75) is 32.3 Å². The van der Waals surface area contributed by atoms with Crippen LogP contribution in [-0.4, -0.2) is 43.0 Å². The molecule has 1 rings (SSSR count). The van der Waals surface area contributed by atoms with Crippen LogP contribution >= 0.6 is 0 Å². The van der Waals surface area contributed by atoms with E-state index in [1.165, 1.54) is 7.11 Å². The molecule has 2 amide bonds. The summed E-state index contributed by atoms with van der Waals surface area (Å²) in [5, 5.41) is 0. The Kier molecular flexibility index (Phi) is 4.73. The number of ether oxygens (including phenoxy) is 1. The lowest BCUT2D eigenvalue weighted by Crippen LogP contribution is -2.44. The summed E-state index contributed by atoms with van der Waals surface area (Å²) in [6.07, 6.45) is 1.76. The van der Waals surface area contributed by atoms with Crippen LogP contribution in [0, 0.1) is 5.92 Å². The standard InChI is InChI=1S/C11H20N2O3/c1-8(16-2)11(15)13-5-3-9(4-6-13)7-10(12)14/h8-9H,3-7H2,1-2H3,(H2,12,14). The third-order valence-electron chi connectivity index (χ3n) is 3.12. The zero-order chi connectivity index (χ0) is 12.1. The normalized spacial score (nSPS) is 19.5. The largest absolute Gasteiger partial charge is 0.372 e. The summed E-state index contributed by atoms with van der Waals surface area (Å²) in [5.41, 5.74) is 5.15. The zero-order valence-corrected chi connectivity index (χ0v) is 9.94. The molecule has 1 saturated heterocycles. The number of piperidine rings is 1. The van der Waals surface area contributed by atoms with Crippen LogP contribution < -0.4 is 5.73 Å². The summed E-state index contributed by atoms with van der Waals surface area (Å²) < 4.78 is 4.99. The zero-order valence-electron chi connectivity index (χ0n) is 9.94. The van der Waals surface area contributed by atoms with Crippen molar-refractivity contribution in [1.82, 2.24) is 4.90 Å². The molecule has 1 unspecified atom stereocenters. The van der Waals surface area contributed by atoms with Gasteiger partial charge in [0.2, 0.25) is 5.91 Å². The van der Waals surface area contributed by atoms with E-state index in [0.29, 0.717) is 25.4 Å². The van der Waals surface area contributed by atoms with Crippen molar-refractivity contribution in [3.63, 3.8) is 0 Å². The molecule has 0 saturated carbocycles. The summed E-state index contributed by atoms with van der Waals surface area (Å²) in [7, 11) is 1.53. The molecule has 0 aliphatic carbocycles. The van der Waals surface area contributed by atoms with Crippen LogP contribution in [0.4, 0.5) is 0 Å². The van der Waals surface area contributed by atoms with Gasteiger partial charge in [0, 0.05) is 26.6 Å². The van der Waals surface area contributed by atoms with Crippen molar-refractivity contribution >= 4 is 11.8 Å². The fraction of sp³-hybridized carbons (Fsp3) is 0.818. The first-order valence-electron chi connectivity index (χ1n) is 5.64. The quantitative estimate of drug-likeness (QED) is 0.743. The summed E-state index contributed by atoms with van der Waals surface area (Å²) in [4.78, 5) is 24.3. The molecule has 0 aromatic heterocycles. The second kappa shape index (κ2) is 5.84. The van der Waals surface area contributed by atoms with Crippen LogP contribution in [0.5, 0.6) is 0 Å². The molecule has 2 N–H and O–H groups in total. The van der Waals surface area contributed by atoms with E-state index in [1.807, 2.05) is 0 Å². The topological polar surface area (TPSA) is 72.6 Å². The molecule has 0 bridgehead atoms. The number of hydrogen-bond donors (Lipinski definition) is 1. The Morgan fingerprint density at radius 2 is 2.00 bits per heavy atom. The molecule has 0 radical (unpaired) electrons. The molecular formula is C11H20N2O3. The number of hydrogen-bond acceptors (Lipinski definition) is 3. The number of methoxy groups -OCH3 is 1. The second-order valence-corrected chi connectivity index (χ2v) is 4.32. The number of likely N-dealkylation sites (tertiary alicyclic amines) is 1. The first-order valence-corrected chi connectivity index (χ1v) is 5.64. The van der Waals surface area contributed by atoms with Gasteiger partial charge >= 0.3 is 0 Å². The van der Waals surface area contributed by atoms with Crippen LogP contribution in [-0.2, 0) is 14.3 Å². The lowest BCUT2D eigenvalue weighted by Gasteiger charge is -2.32. The molecule has 5 heteroatoms. The monoisotopic (exact) mass is 228 g/mol. The molecule has 1 atom stereocenters. The lowest BCUT2D eigenvalue weighted by atomic mass is 9.93. The van der Waals surface area contributed by atoms with Gasteiger partial charge in [-0.15, -0.1) is 0 Å². The fourth-order valence-corrected chi connectivity index (χ4v) is 2.00. The predicted octanol–water partition coefficient (Wildman–Crippen LogP) is 0.135. The molecule has 1 fully saturated rings. The maximum absolute atomic E-state index is 11.8. The Bertz CT molecular complexity index is 260. The van der Waals surface area contributed by atoms with E-state index in [9.17, 15) is 9.59 Å². The molecule has 5 nitrogen and oxygen atoms in total. The highest BCUT2D eigenvalue weighted by Gasteiger charge is 2.26. The number of carbonyl (C=O) groups excluding carboxylic acids is 2. The number of carbonyl (C=O) groups is 2. The van der Waals surface area contributed by atoms with E-state index in [4.69, 9.17) is 10.5 Å². The minimum atomic E-state index is -0.382. The summed E-state index contributed by atoms with van der Waals surface area (Å²) >= 11 is 0. The van der Waals surface area contributed by atoms with Crippen LogP contribution in [0.3, 0.4) is 0 Å². The molecule has 16 heavy (non-hydrogen) atoms. The van der Waals surface area contributed by atoms with Crippen molar-refractivity contribution in [3.05, 3.63) is 0 Å². The molecule has 0 aromatic rings. The summed E-state index contributed by atoms with van der Waals surface area (Å²) in [6.45, 7) is 3.15. The Hall–Kier alpha value is -1.10. The van der Waals surface area contributed by atoms with Gasteiger partial charge in [-0.3, -0.25) is 9.59 Å². The maximum atomic E-state index is 11.8. The van der Waals surface area contributed by atoms with E-state index in [1.54, 1.807) is 11.8 Å². The van der Waals surface area contributed by atoms with Gasteiger partial charge in [0.15, 0.2) is 0 Å². The predicted molar refractivity (Wildman–Crippen MR) is 59.6 cm³/mol. The molecule has 1 heterocycles. The van der Waals surface area contributed by atoms with Gasteiger partial charge in [0.25, 0.3) is 5.91 Å². The average Bonchev–Trinajstić information content (AvgIpc) is 2.27. The van der Waals surface area contributed by atoms with Gasteiger partial charge in [-0.1, -0.05) is 0 Å². The Morgan fingerprint density at radius 1 is 1.44 bits per heavy atom. The second-order valence-electron chi connectivity index (χ2n) is 4.32. The van der Waals surface area contributed by atoms with Crippen molar-refractivity contribution < 1.29 is 14.3 Å². The van der Waals surface area contributed by atoms with Crippen molar-refractivity contribution in [3.8, 4) is 0 Å². The summed E-state index contributed by atoms with van der Waals surface area (Å²) in [6, 6.07) is 0. The van der Waals surface area contributed by atoms with Gasteiger partial charge < -0.3 is 15.4 Å². The first-order chi connectivity index (χ1) is 7.54. The minimum absolute atomic E-state index is 0.0278. The Balaban J connectivity index is 2.37. The number of nitrogens with two attached hydrogens (primary N) is 1. The fourth-order valence-electron chi connectivity index (χ4n) is 2.00. The van der Waals surface area contributed by atoms with E-state index in [-0.39, 0.29) is 17.9 Å². The van der Waals surface area contributed by atoms with Gasteiger partial charge in [-0.05, 0) is 25.7 Å². The first kappa shape index (κ1) is 13.0. The molecular weight excluding hydrogens is 208 g/mol. The van der Waals surface area contributed by atoms with E-state index >= 15 is 0 Å². The maximum Gasteiger partial charge on any atom is 0.251 e. The Labute approximate surface area is 95.9 Å². The molecule has 1 aliphatic heterocycles. The number of primary amides is 1. The van der Waals surface area contributed by atoms with Crippen molar-refractivity contribution in [2.75, 3.05) is 20.2 Å². The van der Waals surface area contributed by atoms with E-state index < -0.39 is 0 Å².